The minimum atomic E-state index is -0.601. The van der Waals surface area contributed by atoms with E-state index in [1.807, 2.05) is 6.07 Å². The zero-order valence-corrected chi connectivity index (χ0v) is 14.3. The summed E-state index contributed by atoms with van der Waals surface area (Å²) >= 11 is 0. The van der Waals surface area contributed by atoms with Gasteiger partial charge in [-0.2, -0.15) is 0 Å². The Balaban J connectivity index is 1.46. The first kappa shape index (κ1) is 17.1. The summed E-state index contributed by atoms with van der Waals surface area (Å²) in [6.07, 6.45) is 5.02. The Bertz CT molecular complexity index is 727. The van der Waals surface area contributed by atoms with Gasteiger partial charge in [0.05, 0.1) is 11.8 Å². The Morgan fingerprint density at radius 3 is 2.92 bits per heavy atom. The summed E-state index contributed by atoms with van der Waals surface area (Å²) in [5.74, 6) is -0.511. The number of nitrogens with one attached hydrogen (secondary N) is 2. The Morgan fingerprint density at radius 1 is 1.28 bits per heavy atom. The summed E-state index contributed by atoms with van der Waals surface area (Å²) in [7, 11) is 0. The fraction of sp³-hybridized carbons (Fsp3) is 0.368. The van der Waals surface area contributed by atoms with E-state index in [1.165, 1.54) is 23.8 Å². The van der Waals surface area contributed by atoms with Crippen molar-refractivity contribution in [3.63, 3.8) is 0 Å². The molecule has 2 N–H and O–H groups in total. The summed E-state index contributed by atoms with van der Waals surface area (Å²) < 4.78 is 4.87. The molecule has 6 heteroatoms. The summed E-state index contributed by atoms with van der Waals surface area (Å²) in [5.41, 5.74) is 3.02. The molecule has 1 aliphatic heterocycles. The molecule has 6 nitrogen and oxygen atoms in total. The number of para-hydroxylation sites is 1. The number of carbonyl (C=O) groups is 2. The predicted molar refractivity (Wildman–Crippen MR) is 95.6 cm³/mol. The number of amides is 2. The highest BCUT2D eigenvalue weighted by Gasteiger charge is 2.19. The number of anilines is 1. The summed E-state index contributed by atoms with van der Waals surface area (Å²) in [4.78, 5) is 26.4. The fourth-order valence-electron chi connectivity index (χ4n) is 3.05. The molecule has 2 amide bonds. The van der Waals surface area contributed by atoms with E-state index in [-0.39, 0.29) is 11.8 Å². The van der Waals surface area contributed by atoms with Crippen LogP contribution in [0.1, 0.15) is 29.3 Å². The molecule has 2 aromatic rings. The molecule has 25 heavy (non-hydrogen) atoms. The van der Waals surface area contributed by atoms with Crippen LogP contribution in [0.2, 0.25) is 0 Å². The number of hydrogen-bond acceptors (Lipinski definition) is 4. The largest absolute Gasteiger partial charge is 0.472 e. The van der Waals surface area contributed by atoms with Crippen LogP contribution in [0.5, 0.6) is 0 Å². The molecule has 0 unspecified atom stereocenters. The number of furan rings is 1. The van der Waals surface area contributed by atoms with Gasteiger partial charge in [0.2, 0.25) is 5.91 Å². The van der Waals surface area contributed by atoms with Gasteiger partial charge in [-0.15, -0.1) is 0 Å². The van der Waals surface area contributed by atoms with Crippen LogP contribution in [0, 0.1) is 0 Å². The zero-order valence-electron chi connectivity index (χ0n) is 14.3. The van der Waals surface area contributed by atoms with Crippen molar-refractivity contribution in [1.82, 2.24) is 10.6 Å². The number of fused-ring (bicyclic) bond motifs is 1. The van der Waals surface area contributed by atoms with E-state index < -0.39 is 6.04 Å². The van der Waals surface area contributed by atoms with Crippen LogP contribution in [-0.2, 0) is 11.2 Å². The molecule has 2 heterocycles. The molecule has 1 aromatic heterocycles. The van der Waals surface area contributed by atoms with Crippen molar-refractivity contribution in [3.05, 3.63) is 54.0 Å². The lowest BCUT2D eigenvalue weighted by atomic mass is 10.0. The predicted octanol–water partition coefficient (Wildman–Crippen LogP) is 1.97. The van der Waals surface area contributed by atoms with E-state index in [9.17, 15) is 9.59 Å². The van der Waals surface area contributed by atoms with Gasteiger partial charge in [-0.1, -0.05) is 18.2 Å². The summed E-state index contributed by atoms with van der Waals surface area (Å²) in [5, 5.41) is 5.55. The number of aryl methyl sites for hydroxylation is 1. The molecule has 0 aliphatic carbocycles. The Morgan fingerprint density at radius 2 is 2.12 bits per heavy atom. The van der Waals surface area contributed by atoms with Gasteiger partial charge < -0.3 is 20.0 Å². The molecule has 1 aromatic carbocycles. The molecule has 0 saturated carbocycles. The highest BCUT2D eigenvalue weighted by Crippen LogP contribution is 2.25. The van der Waals surface area contributed by atoms with Crippen LogP contribution in [0.4, 0.5) is 5.69 Å². The average Bonchev–Trinajstić information content (AvgIpc) is 3.16. The second kappa shape index (κ2) is 7.88. The van der Waals surface area contributed by atoms with Crippen LogP contribution in [-0.4, -0.2) is 37.5 Å². The van der Waals surface area contributed by atoms with Gasteiger partial charge in [0.25, 0.3) is 5.91 Å². The highest BCUT2D eigenvalue weighted by atomic mass is 16.3. The number of rotatable bonds is 6. The standard InChI is InChI=1S/C19H23N3O3/c1-14(21-19(24)16-8-12-25-13-16)18(23)20-9-11-22-10-4-6-15-5-2-3-7-17(15)22/h2-3,5,7-8,12-14H,4,6,9-11H2,1H3,(H,20,23)(H,21,24)/t14-/m1/s1. The molecule has 0 spiro atoms. The quantitative estimate of drug-likeness (QED) is 0.842. The van der Waals surface area contributed by atoms with Crippen molar-refractivity contribution in [3.8, 4) is 0 Å². The van der Waals surface area contributed by atoms with Crippen molar-refractivity contribution in [2.75, 3.05) is 24.5 Å². The lowest BCUT2D eigenvalue weighted by Gasteiger charge is -2.31. The van der Waals surface area contributed by atoms with Crippen molar-refractivity contribution < 1.29 is 14.0 Å². The van der Waals surface area contributed by atoms with Crippen LogP contribution in [0.15, 0.2) is 47.3 Å². The van der Waals surface area contributed by atoms with E-state index in [0.717, 1.165) is 25.9 Å². The number of carbonyl (C=O) groups excluding carboxylic acids is 2. The van der Waals surface area contributed by atoms with Crippen LogP contribution in [0.25, 0.3) is 0 Å². The number of nitrogens with zero attached hydrogens (tertiary/aromatic N) is 1. The van der Waals surface area contributed by atoms with E-state index in [4.69, 9.17) is 4.42 Å². The monoisotopic (exact) mass is 341 g/mol. The molecular formula is C19H23N3O3. The maximum atomic E-state index is 12.2. The summed E-state index contributed by atoms with van der Waals surface area (Å²) in [6.45, 7) is 3.97. The molecule has 0 fully saturated rings. The van der Waals surface area contributed by atoms with Crippen LogP contribution >= 0.6 is 0 Å². The Kier molecular flexibility index (Phi) is 5.38. The van der Waals surface area contributed by atoms with E-state index in [0.29, 0.717) is 12.1 Å². The third-order valence-corrected chi connectivity index (χ3v) is 4.41. The molecule has 132 valence electrons. The van der Waals surface area contributed by atoms with Crippen molar-refractivity contribution in [2.45, 2.75) is 25.8 Å². The van der Waals surface area contributed by atoms with Crippen LogP contribution in [0.3, 0.4) is 0 Å². The number of benzene rings is 1. The first-order valence-corrected chi connectivity index (χ1v) is 8.59. The van der Waals surface area contributed by atoms with Gasteiger partial charge in [-0.05, 0) is 37.5 Å². The van der Waals surface area contributed by atoms with Crippen molar-refractivity contribution >= 4 is 17.5 Å². The Labute approximate surface area is 147 Å². The van der Waals surface area contributed by atoms with Gasteiger partial charge in [0.1, 0.15) is 12.3 Å². The molecular weight excluding hydrogens is 318 g/mol. The second-order valence-corrected chi connectivity index (χ2v) is 6.22. The van der Waals surface area contributed by atoms with E-state index in [1.54, 1.807) is 13.0 Å². The lowest BCUT2D eigenvalue weighted by Crippen LogP contribution is -2.47. The third-order valence-electron chi connectivity index (χ3n) is 4.41. The van der Waals surface area contributed by atoms with Gasteiger partial charge in [-0.25, -0.2) is 0 Å². The SMILES string of the molecule is C[C@@H](NC(=O)c1ccoc1)C(=O)NCCN1CCCc2ccccc21. The lowest BCUT2D eigenvalue weighted by molar-refractivity contribution is -0.122. The van der Waals surface area contributed by atoms with E-state index >= 15 is 0 Å². The van der Waals surface area contributed by atoms with Crippen molar-refractivity contribution in [1.29, 1.82) is 0 Å². The number of hydrogen-bond donors (Lipinski definition) is 2. The highest BCUT2D eigenvalue weighted by molar-refractivity contribution is 5.97. The maximum absolute atomic E-state index is 12.2. The van der Waals surface area contributed by atoms with Gasteiger partial charge in [0, 0.05) is 25.3 Å². The maximum Gasteiger partial charge on any atom is 0.255 e. The summed E-state index contributed by atoms with van der Waals surface area (Å²) in [6, 6.07) is 9.36. The van der Waals surface area contributed by atoms with Gasteiger partial charge in [-0.3, -0.25) is 9.59 Å². The molecule has 0 radical (unpaired) electrons. The van der Waals surface area contributed by atoms with Gasteiger partial charge >= 0.3 is 0 Å². The topological polar surface area (TPSA) is 74.6 Å². The average molecular weight is 341 g/mol. The fourth-order valence-corrected chi connectivity index (χ4v) is 3.05. The van der Waals surface area contributed by atoms with Crippen LogP contribution < -0.4 is 15.5 Å². The molecule has 0 saturated heterocycles. The first-order chi connectivity index (χ1) is 12.1. The third kappa shape index (κ3) is 4.21. The van der Waals surface area contributed by atoms with Crippen molar-refractivity contribution in [2.24, 2.45) is 0 Å². The Hall–Kier alpha value is -2.76. The van der Waals surface area contributed by atoms with Gasteiger partial charge in [0.15, 0.2) is 0 Å². The normalized spacial score (nSPS) is 14.5. The minimum Gasteiger partial charge on any atom is -0.472 e. The second-order valence-electron chi connectivity index (χ2n) is 6.22. The molecule has 1 aliphatic rings. The molecule has 1 atom stereocenters. The first-order valence-electron chi connectivity index (χ1n) is 8.59. The molecule has 3 rings (SSSR count). The smallest absolute Gasteiger partial charge is 0.255 e. The molecule has 0 bridgehead atoms. The minimum absolute atomic E-state index is 0.192. The van der Waals surface area contributed by atoms with E-state index in [2.05, 4.69) is 33.7 Å². The zero-order chi connectivity index (χ0) is 17.6.